The number of hydrogen-bond donors (Lipinski definition) is 0. The van der Waals surface area contributed by atoms with Gasteiger partial charge in [0.1, 0.15) is 6.04 Å². The molecule has 2 aromatic carbocycles. The minimum absolute atomic E-state index is 0.00583. The Morgan fingerprint density at radius 3 is 2.17 bits per heavy atom. The van der Waals surface area contributed by atoms with Crippen LogP contribution in [0.5, 0.6) is 0 Å². The second kappa shape index (κ2) is 9.40. The lowest BCUT2D eigenvalue weighted by molar-refractivity contribution is -0.151. The Bertz CT molecular complexity index is 837. The molecule has 5 nitrogen and oxygen atoms in total. The molecule has 0 N–H and O–H groups in total. The average Bonchev–Trinajstić information content (AvgIpc) is 3.21. The number of benzene rings is 2. The van der Waals surface area contributed by atoms with Crippen LogP contribution in [0.3, 0.4) is 0 Å². The molecule has 29 heavy (non-hydrogen) atoms. The van der Waals surface area contributed by atoms with Crippen LogP contribution in [0, 0.1) is 12.3 Å². The van der Waals surface area contributed by atoms with E-state index in [-0.39, 0.29) is 11.9 Å². The summed E-state index contributed by atoms with van der Waals surface area (Å²) in [6.07, 6.45) is 5.96. The lowest BCUT2D eigenvalue weighted by Gasteiger charge is -2.28. The van der Waals surface area contributed by atoms with Crippen molar-refractivity contribution in [2.75, 3.05) is 27.2 Å². The molecule has 2 aromatic rings. The van der Waals surface area contributed by atoms with Gasteiger partial charge in [0.15, 0.2) is 0 Å². The van der Waals surface area contributed by atoms with Crippen molar-refractivity contribution in [2.24, 2.45) is 0 Å². The Hall–Kier alpha value is -3.10. The van der Waals surface area contributed by atoms with Crippen LogP contribution >= 0.6 is 0 Å². The molecule has 0 aliphatic carbocycles. The van der Waals surface area contributed by atoms with E-state index < -0.39 is 17.9 Å². The molecule has 1 aliphatic heterocycles. The van der Waals surface area contributed by atoms with Gasteiger partial charge in [0.2, 0.25) is 5.91 Å². The van der Waals surface area contributed by atoms with Crippen LogP contribution < -0.4 is 0 Å². The number of terminal acetylenes is 1. The first-order valence-electron chi connectivity index (χ1n) is 9.68. The average molecular weight is 390 g/mol. The van der Waals surface area contributed by atoms with Crippen molar-refractivity contribution in [3.8, 4) is 12.3 Å². The Labute approximate surface area is 172 Å². The molecule has 1 aliphatic rings. The first kappa shape index (κ1) is 20.6. The highest BCUT2D eigenvalue weighted by atomic mass is 16.5. The van der Waals surface area contributed by atoms with Crippen LogP contribution in [0.25, 0.3) is 0 Å². The zero-order valence-corrected chi connectivity index (χ0v) is 16.8. The number of likely N-dealkylation sites (N-methyl/N-ethyl adjacent to an activating group) is 1. The largest absolute Gasteiger partial charge is 0.467 e. The van der Waals surface area contributed by atoms with E-state index in [0.29, 0.717) is 19.5 Å². The zero-order chi connectivity index (χ0) is 20.8. The van der Waals surface area contributed by atoms with Gasteiger partial charge in [-0.15, -0.1) is 6.42 Å². The predicted molar refractivity (Wildman–Crippen MR) is 112 cm³/mol. The summed E-state index contributed by atoms with van der Waals surface area (Å²) in [5.41, 5.74) is 1.79. The van der Waals surface area contributed by atoms with E-state index in [1.165, 1.54) is 7.11 Å². The minimum Gasteiger partial charge on any atom is -0.467 e. The quantitative estimate of drug-likeness (QED) is 0.562. The maximum atomic E-state index is 13.8. The number of carbonyl (C=O) groups is 2. The SMILES string of the molecule is C#CCN(C)[C@H]1C[C@@H](C(=O)OC)N(C(=O)C(c2ccccc2)c2ccccc2)C1. The Morgan fingerprint density at radius 2 is 1.69 bits per heavy atom. The van der Waals surface area contributed by atoms with Crippen LogP contribution in [0.1, 0.15) is 23.5 Å². The number of nitrogens with zero attached hydrogens (tertiary/aromatic N) is 2. The van der Waals surface area contributed by atoms with Crippen molar-refractivity contribution in [2.45, 2.75) is 24.4 Å². The standard InChI is InChI=1S/C24H26N2O3/c1-4-15-25(2)20-16-21(24(28)29-3)26(17-20)23(27)22(18-11-7-5-8-12-18)19-13-9-6-10-14-19/h1,5-14,20-22H,15-17H2,2-3H3/t20-,21-/m0/s1. The molecule has 1 fully saturated rings. The molecular formula is C24H26N2O3. The van der Waals surface area contributed by atoms with Crippen LogP contribution in [-0.4, -0.2) is 61.0 Å². The summed E-state index contributed by atoms with van der Waals surface area (Å²) in [6.45, 7) is 0.897. The van der Waals surface area contributed by atoms with Gasteiger partial charge in [0, 0.05) is 12.6 Å². The van der Waals surface area contributed by atoms with Crippen LogP contribution in [0.15, 0.2) is 60.7 Å². The highest BCUT2D eigenvalue weighted by Crippen LogP contribution is 2.31. The van der Waals surface area contributed by atoms with Crippen molar-refractivity contribution < 1.29 is 14.3 Å². The van der Waals surface area contributed by atoms with Gasteiger partial charge in [0.05, 0.1) is 19.6 Å². The number of hydrogen-bond acceptors (Lipinski definition) is 4. The third-order valence-electron chi connectivity index (χ3n) is 5.51. The van der Waals surface area contributed by atoms with Crippen molar-refractivity contribution in [1.29, 1.82) is 0 Å². The highest BCUT2D eigenvalue weighted by molar-refractivity contribution is 5.91. The topological polar surface area (TPSA) is 49.9 Å². The Balaban J connectivity index is 1.96. The van der Waals surface area contributed by atoms with Gasteiger partial charge >= 0.3 is 5.97 Å². The molecule has 0 saturated carbocycles. The summed E-state index contributed by atoms with van der Waals surface area (Å²) in [5.74, 6) is 1.65. The first-order chi connectivity index (χ1) is 14.1. The number of methoxy groups -OCH3 is 1. The maximum Gasteiger partial charge on any atom is 0.328 e. The molecule has 150 valence electrons. The molecule has 2 atom stereocenters. The summed E-state index contributed by atoms with van der Waals surface area (Å²) in [7, 11) is 3.27. The third-order valence-corrected chi connectivity index (χ3v) is 5.51. The number of esters is 1. The Kier molecular flexibility index (Phi) is 6.69. The fourth-order valence-electron chi connectivity index (χ4n) is 3.94. The summed E-state index contributed by atoms with van der Waals surface area (Å²) in [6, 6.07) is 18.7. The molecule has 1 saturated heterocycles. The van der Waals surface area contributed by atoms with Gasteiger partial charge in [-0.25, -0.2) is 4.79 Å². The summed E-state index contributed by atoms with van der Waals surface area (Å²) >= 11 is 0. The van der Waals surface area contributed by atoms with Gasteiger partial charge in [0.25, 0.3) is 0 Å². The van der Waals surface area contributed by atoms with Gasteiger partial charge in [-0.1, -0.05) is 66.6 Å². The third kappa shape index (κ3) is 4.49. The second-order valence-corrected chi connectivity index (χ2v) is 7.29. The van der Waals surface area contributed by atoms with Crippen LogP contribution in [-0.2, 0) is 14.3 Å². The molecule has 0 spiro atoms. The van der Waals surface area contributed by atoms with Gasteiger partial charge in [-0.05, 0) is 24.6 Å². The monoisotopic (exact) mass is 390 g/mol. The molecule has 3 rings (SSSR count). The van der Waals surface area contributed by atoms with E-state index in [4.69, 9.17) is 11.2 Å². The van der Waals surface area contributed by atoms with Gasteiger partial charge in [-0.3, -0.25) is 9.69 Å². The molecule has 0 unspecified atom stereocenters. The maximum absolute atomic E-state index is 13.8. The van der Waals surface area contributed by atoms with E-state index in [0.717, 1.165) is 11.1 Å². The summed E-state index contributed by atoms with van der Waals surface area (Å²) < 4.78 is 5.00. The van der Waals surface area contributed by atoms with E-state index in [1.54, 1.807) is 4.90 Å². The van der Waals surface area contributed by atoms with Crippen molar-refractivity contribution in [3.63, 3.8) is 0 Å². The van der Waals surface area contributed by atoms with Crippen molar-refractivity contribution in [1.82, 2.24) is 9.80 Å². The molecule has 0 bridgehead atoms. The lowest BCUT2D eigenvalue weighted by atomic mass is 9.90. The molecule has 0 radical (unpaired) electrons. The smallest absolute Gasteiger partial charge is 0.328 e. The van der Waals surface area contributed by atoms with Gasteiger partial charge < -0.3 is 9.64 Å². The number of amides is 1. The number of likely N-dealkylation sites (tertiary alicyclic amines) is 1. The molecule has 0 aromatic heterocycles. The van der Waals surface area contributed by atoms with Crippen LogP contribution in [0.4, 0.5) is 0 Å². The fraction of sp³-hybridized carbons (Fsp3) is 0.333. The second-order valence-electron chi connectivity index (χ2n) is 7.29. The summed E-state index contributed by atoms with van der Waals surface area (Å²) in [5, 5.41) is 0. The fourth-order valence-corrected chi connectivity index (χ4v) is 3.94. The van der Waals surface area contributed by atoms with Crippen LogP contribution in [0.2, 0.25) is 0 Å². The van der Waals surface area contributed by atoms with E-state index in [9.17, 15) is 9.59 Å². The highest BCUT2D eigenvalue weighted by Gasteiger charge is 2.43. The van der Waals surface area contributed by atoms with Crippen molar-refractivity contribution in [3.05, 3.63) is 71.8 Å². The normalized spacial score (nSPS) is 18.7. The van der Waals surface area contributed by atoms with E-state index >= 15 is 0 Å². The molecular weight excluding hydrogens is 364 g/mol. The Morgan fingerprint density at radius 1 is 1.14 bits per heavy atom. The van der Waals surface area contributed by atoms with E-state index in [2.05, 4.69) is 5.92 Å². The molecule has 5 heteroatoms. The van der Waals surface area contributed by atoms with Crippen molar-refractivity contribution >= 4 is 11.9 Å². The zero-order valence-electron chi connectivity index (χ0n) is 16.8. The number of ether oxygens (including phenoxy) is 1. The summed E-state index contributed by atoms with van der Waals surface area (Å²) in [4.78, 5) is 29.9. The number of rotatable bonds is 6. The van der Waals surface area contributed by atoms with Gasteiger partial charge in [-0.2, -0.15) is 0 Å². The number of carbonyl (C=O) groups excluding carboxylic acids is 2. The van der Waals surface area contributed by atoms with E-state index in [1.807, 2.05) is 72.6 Å². The lowest BCUT2D eigenvalue weighted by Crippen LogP contribution is -2.44. The first-order valence-corrected chi connectivity index (χ1v) is 9.68. The molecule has 1 heterocycles. The predicted octanol–water partition coefficient (Wildman–Crippen LogP) is 2.53. The minimum atomic E-state index is -0.618. The molecule has 1 amide bonds.